The summed E-state index contributed by atoms with van der Waals surface area (Å²) in [5.74, 6) is 0.213. The summed E-state index contributed by atoms with van der Waals surface area (Å²) in [4.78, 5) is 24.7. The van der Waals surface area contributed by atoms with Gasteiger partial charge in [-0.15, -0.1) is 0 Å². The number of nitrogens with one attached hydrogen (secondary N) is 1. The highest BCUT2D eigenvalue weighted by Gasteiger charge is 2.26. The molecule has 1 aliphatic heterocycles. The lowest BCUT2D eigenvalue weighted by molar-refractivity contribution is -0.139. The van der Waals surface area contributed by atoms with E-state index in [1.807, 2.05) is 13.8 Å². The number of piperidine rings is 1. The molecule has 2 amide bonds. The number of nitrogens with zero attached hydrogens (tertiary/aromatic N) is 1. The highest BCUT2D eigenvalue weighted by molar-refractivity contribution is 5.87. The Morgan fingerprint density at radius 1 is 1.62 bits per heavy atom. The van der Waals surface area contributed by atoms with Crippen LogP contribution in [-0.2, 0) is 9.59 Å². The van der Waals surface area contributed by atoms with Crippen LogP contribution in [0.2, 0.25) is 0 Å². The van der Waals surface area contributed by atoms with Crippen molar-refractivity contribution in [3.63, 3.8) is 0 Å². The van der Waals surface area contributed by atoms with Crippen LogP contribution in [-0.4, -0.2) is 42.4 Å². The van der Waals surface area contributed by atoms with Gasteiger partial charge in [0.15, 0.2) is 0 Å². The van der Waals surface area contributed by atoms with E-state index in [0.29, 0.717) is 19.0 Å². The Morgan fingerprint density at radius 3 is 2.94 bits per heavy atom. The zero-order valence-electron chi connectivity index (χ0n) is 10.0. The van der Waals surface area contributed by atoms with Gasteiger partial charge in [0.2, 0.25) is 11.8 Å². The second-order valence-electron chi connectivity index (χ2n) is 4.71. The van der Waals surface area contributed by atoms with Gasteiger partial charge in [0.05, 0.1) is 12.6 Å². The standard InChI is InChI=1S/C11H21N3O2/c1-8(2)6-13-10(15)7-14-5-3-4-9(12)11(14)16/h8-9H,3-7,12H2,1-2H3,(H,13,15). The third kappa shape index (κ3) is 3.81. The number of nitrogens with two attached hydrogens (primary N) is 1. The third-order valence-electron chi connectivity index (χ3n) is 2.61. The molecule has 92 valence electrons. The molecule has 3 N–H and O–H groups in total. The Labute approximate surface area is 96.4 Å². The summed E-state index contributed by atoms with van der Waals surface area (Å²) >= 11 is 0. The summed E-state index contributed by atoms with van der Waals surface area (Å²) in [6, 6.07) is -0.424. The van der Waals surface area contributed by atoms with Crippen molar-refractivity contribution in [3.05, 3.63) is 0 Å². The number of hydrogen-bond acceptors (Lipinski definition) is 3. The fourth-order valence-corrected chi connectivity index (χ4v) is 1.67. The number of likely N-dealkylation sites (tertiary alicyclic amines) is 1. The summed E-state index contributed by atoms with van der Waals surface area (Å²) in [5.41, 5.74) is 5.64. The Balaban J connectivity index is 2.35. The van der Waals surface area contributed by atoms with Crippen LogP contribution in [0.3, 0.4) is 0 Å². The van der Waals surface area contributed by atoms with Gasteiger partial charge in [-0.1, -0.05) is 13.8 Å². The SMILES string of the molecule is CC(C)CNC(=O)CN1CCCC(N)C1=O. The van der Waals surface area contributed by atoms with Crippen LogP contribution < -0.4 is 11.1 Å². The fraction of sp³-hybridized carbons (Fsp3) is 0.818. The number of rotatable bonds is 4. The quantitative estimate of drug-likeness (QED) is 0.693. The number of amides is 2. The number of hydrogen-bond donors (Lipinski definition) is 2. The first kappa shape index (κ1) is 13.0. The fourth-order valence-electron chi connectivity index (χ4n) is 1.67. The number of carbonyl (C=O) groups excluding carboxylic acids is 2. The zero-order valence-corrected chi connectivity index (χ0v) is 10.0. The van der Waals surface area contributed by atoms with Gasteiger partial charge in [-0.3, -0.25) is 9.59 Å². The molecular formula is C11H21N3O2. The van der Waals surface area contributed by atoms with E-state index >= 15 is 0 Å². The molecule has 5 nitrogen and oxygen atoms in total. The summed E-state index contributed by atoms with van der Waals surface area (Å²) in [6.07, 6.45) is 1.60. The molecule has 0 aromatic carbocycles. The van der Waals surface area contributed by atoms with Crippen LogP contribution in [0, 0.1) is 5.92 Å². The van der Waals surface area contributed by atoms with Gasteiger partial charge in [-0.2, -0.15) is 0 Å². The van der Waals surface area contributed by atoms with Gasteiger partial charge < -0.3 is 16.0 Å². The molecule has 1 fully saturated rings. The van der Waals surface area contributed by atoms with Crippen LogP contribution in [0.5, 0.6) is 0 Å². The van der Waals surface area contributed by atoms with Crippen LogP contribution in [0.4, 0.5) is 0 Å². The van der Waals surface area contributed by atoms with Crippen molar-refractivity contribution >= 4 is 11.8 Å². The second-order valence-corrected chi connectivity index (χ2v) is 4.71. The molecule has 1 saturated heterocycles. The predicted molar refractivity (Wildman–Crippen MR) is 61.6 cm³/mol. The van der Waals surface area contributed by atoms with E-state index in [9.17, 15) is 9.59 Å². The Kier molecular flexibility index (Phi) is 4.73. The van der Waals surface area contributed by atoms with E-state index < -0.39 is 6.04 Å². The van der Waals surface area contributed by atoms with Crippen molar-refractivity contribution in [1.82, 2.24) is 10.2 Å². The molecule has 16 heavy (non-hydrogen) atoms. The van der Waals surface area contributed by atoms with E-state index in [4.69, 9.17) is 5.73 Å². The smallest absolute Gasteiger partial charge is 0.239 e. The van der Waals surface area contributed by atoms with E-state index in [2.05, 4.69) is 5.32 Å². The molecule has 0 radical (unpaired) electrons. The van der Waals surface area contributed by atoms with Crippen LogP contribution in [0.15, 0.2) is 0 Å². The van der Waals surface area contributed by atoms with E-state index in [1.165, 1.54) is 0 Å². The zero-order chi connectivity index (χ0) is 12.1. The predicted octanol–water partition coefficient (Wildman–Crippen LogP) is -0.292. The van der Waals surface area contributed by atoms with Crippen molar-refractivity contribution in [3.8, 4) is 0 Å². The van der Waals surface area contributed by atoms with Crippen LogP contribution in [0.25, 0.3) is 0 Å². The highest BCUT2D eigenvalue weighted by Crippen LogP contribution is 2.09. The maximum absolute atomic E-state index is 11.6. The molecule has 0 saturated carbocycles. The largest absolute Gasteiger partial charge is 0.354 e. The minimum Gasteiger partial charge on any atom is -0.354 e. The minimum absolute atomic E-state index is 0.101. The molecule has 1 heterocycles. The van der Waals surface area contributed by atoms with Crippen molar-refractivity contribution in [2.45, 2.75) is 32.7 Å². The highest BCUT2D eigenvalue weighted by atomic mass is 16.2. The first-order chi connectivity index (χ1) is 7.50. The van der Waals surface area contributed by atoms with Crippen LogP contribution in [0.1, 0.15) is 26.7 Å². The van der Waals surface area contributed by atoms with Crippen molar-refractivity contribution < 1.29 is 9.59 Å². The lowest BCUT2D eigenvalue weighted by atomic mass is 10.1. The average Bonchev–Trinajstić information content (AvgIpc) is 2.22. The molecule has 1 aliphatic rings. The van der Waals surface area contributed by atoms with Crippen LogP contribution >= 0.6 is 0 Å². The summed E-state index contributed by atoms with van der Waals surface area (Å²) < 4.78 is 0. The van der Waals surface area contributed by atoms with Gasteiger partial charge >= 0.3 is 0 Å². The molecule has 1 atom stereocenters. The van der Waals surface area contributed by atoms with Gasteiger partial charge in [0.1, 0.15) is 0 Å². The van der Waals surface area contributed by atoms with Crippen molar-refractivity contribution in [1.29, 1.82) is 0 Å². The topological polar surface area (TPSA) is 75.4 Å². The van der Waals surface area contributed by atoms with Crippen molar-refractivity contribution in [2.24, 2.45) is 11.7 Å². The molecule has 0 aliphatic carbocycles. The van der Waals surface area contributed by atoms with Gasteiger partial charge in [0.25, 0.3) is 0 Å². The Morgan fingerprint density at radius 2 is 2.31 bits per heavy atom. The molecule has 1 unspecified atom stereocenters. The molecule has 0 spiro atoms. The molecule has 0 aromatic rings. The lowest BCUT2D eigenvalue weighted by Crippen LogP contribution is -2.51. The first-order valence-electron chi connectivity index (χ1n) is 5.81. The summed E-state index contributed by atoms with van der Waals surface area (Å²) in [5, 5.41) is 2.79. The Bertz CT molecular complexity index is 266. The second kappa shape index (κ2) is 5.84. The van der Waals surface area contributed by atoms with E-state index in [0.717, 1.165) is 12.8 Å². The first-order valence-corrected chi connectivity index (χ1v) is 5.81. The molecule has 1 rings (SSSR count). The summed E-state index contributed by atoms with van der Waals surface area (Å²) in [6.45, 7) is 5.48. The van der Waals surface area contributed by atoms with Gasteiger partial charge in [0, 0.05) is 13.1 Å². The van der Waals surface area contributed by atoms with Gasteiger partial charge in [-0.05, 0) is 18.8 Å². The number of carbonyl (C=O) groups is 2. The third-order valence-corrected chi connectivity index (χ3v) is 2.61. The van der Waals surface area contributed by atoms with E-state index in [1.54, 1.807) is 4.90 Å². The van der Waals surface area contributed by atoms with Gasteiger partial charge in [-0.25, -0.2) is 0 Å². The maximum Gasteiger partial charge on any atom is 0.239 e. The monoisotopic (exact) mass is 227 g/mol. The minimum atomic E-state index is -0.424. The molecule has 5 heteroatoms. The maximum atomic E-state index is 11.6. The molecule has 0 aromatic heterocycles. The Hall–Kier alpha value is -1.10. The molecule has 0 bridgehead atoms. The normalized spacial score (nSPS) is 21.4. The molecular weight excluding hydrogens is 206 g/mol. The van der Waals surface area contributed by atoms with E-state index in [-0.39, 0.29) is 18.4 Å². The average molecular weight is 227 g/mol. The summed E-state index contributed by atoms with van der Waals surface area (Å²) in [7, 11) is 0. The van der Waals surface area contributed by atoms with Crippen molar-refractivity contribution in [2.75, 3.05) is 19.6 Å². The lowest BCUT2D eigenvalue weighted by Gasteiger charge is -2.29.